The first-order valence-electron chi connectivity index (χ1n) is 5.37. The fraction of sp³-hybridized carbons (Fsp3) is 0.231. The molecule has 0 aliphatic heterocycles. The molecule has 4 nitrogen and oxygen atoms in total. The molecule has 5 heteroatoms. The highest BCUT2D eigenvalue weighted by molar-refractivity contribution is 6.32. The van der Waals surface area contributed by atoms with Crippen LogP contribution in [0.15, 0.2) is 18.2 Å². The third kappa shape index (κ3) is 2.38. The van der Waals surface area contributed by atoms with Gasteiger partial charge in [0.25, 0.3) is 0 Å². The van der Waals surface area contributed by atoms with Gasteiger partial charge in [-0.3, -0.25) is 9.78 Å². The molecule has 2 aromatic rings. The zero-order chi connectivity index (χ0) is 13.3. The summed E-state index contributed by atoms with van der Waals surface area (Å²) in [6, 6.07) is 5.27. The Bertz CT molecular complexity index is 625. The maximum Gasteiger partial charge on any atom is 0.309 e. The van der Waals surface area contributed by atoms with Gasteiger partial charge in [-0.15, -0.1) is 0 Å². The van der Waals surface area contributed by atoms with Gasteiger partial charge in [0.1, 0.15) is 5.75 Å². The Morgan fingerprint density at radius 3 is 2.78 bits per heavy atom. The number of aryl methyl sites for hydroxylation is 1. The minimum absolute atomic E-state index is 0.0968. The van der Waals surface area contributed by atoms with Crippen LogP contribution >= 0.6 is 11.6 Å². The summed E-state index contributed by atoms with van der Waals surface area (Å²) in [4.78, 5) is 15.0. The Balaban J connectivity index is 2.62. The number of halogens is 1. The maximum atomic E-state index is 10.7. The molecule has 0 unspecified atom stereocenters. The van der Waals surface area contributed by atoms with Crippen LogP contribution in [0, 0.1) is 6.92 Å². The lowest BCUT2D eigenvalue weighted by molar-refractivity contribution is -0.136. The summed E-state index contributed by atoms with van der Waals surface area (Å²) in [5.41, 5.74) is 2.15. The second-order valence-electron chi connectivity index (χ2n) is 4.00. The van der Waals surface area contributed by atoms with Crippen molar-refractivity contribution in [2.24, 2.45) is 0 Å². The third-order valence-corrected chi connectivity index (χ3v) is 2.97. The predicted molar refractivity (Wildman–Crippen MR) is 69.4 cm³/mol. The van der Waals surface area contributed by atoms with E-state index in [0.717, 1.165) is 10.9 Å². The second kappa shape index (κ2) is 4.82. The molecule has 0 radical (unpaired) electrons. The van der Waals surface area contributed by atoms with Crippen molar-refractivity contribution >= 4 is 28.5 Å². The average Bonchev–Trinajstić information content (AvgIpc) is 2.27. The molecule has 0 saturated heterocycles. The van der Waals surface area contributed by atoms with Crippen molar-refractivity contribution in [3.8, 4) is 5.75 Å². The standard InChI is InChI=1S/C13H12ClNO3/c1-7-3-8(4-13(16)17)15-11-6-10(14)12(18-2)5-9(7)11/h3,5-6H,4H2,1-2H3,(H,16,17). The Labute approximate surface area is 109 Å². The number of nitrogens with zero attached hydrogens (tertiary/aromatic N) is 1. The summed E-state index contributed by atoms with van der Waals surface area (Å²) in [7, 11) is 1.55. The van der Waals surface area contributed by atoms with Crippen molar-refractivity contribution in [3.05, 3.63) is 34.5 Å². The van der Waals surface area contributed by atoms with Gasteiger partial charge in [-0.1, -0.05) is 11.6 Å². The average molecular weight is 266 g/mol. The van der Waals surface area contributed by atoms with Crippen molar-refractivity contribution in [1.82, 2.24) is 4.98 Å². The lowest BCUT2D eigenvalue weighted by Crippen LogP contribution is -2.03. The Morgan fingerprint density at radius 2 is 2.17 bits per heavy atom. The molecule has 94 valence electrons. The van der Waals surface area contributed by atoms with Crippen LogP contribution in [0.3, 0.4) is 0 Å². The van der Waals surface area contributed by atoms with Crippen molar-refractivity contribution in [3.63, 3.8) is 0 Å². The van der Waals surface area contributed by atoms with Crippen LogP contribution in [0.25, 0.3) is 10.9 Å². The molecule has 0 amide bonds. The van der Waals surface area contributed by atoms with Crippen LogP contribution < -0.4 is 4.74 Å². The highest BCUT2D eigenvalue weighted by Crippen LogP contribution is 2.30. The first kappa shape index (κ1) is 12.6. The highest BCUT2D eigenvalue weighted by atomic mass is 35.5. The van der Waals surface area contributed by atoms with Crippen LogP contribution in [0.1, 0.15) is 11.3 Å². The van der Waals surface area contributed by atoms with Gasteiger partial charge in [0.15, 0.2) is 0 Å². The van der Waals surface area contributed by atoms with Crippen LogP contribution in [0.4, 0.5) is 0 Å². The van der Waals surface area contributed by atoms with Gasteiger partial charge < -0.3 is 9.84 Å². The Kier molecular flexibility index (Phi) is 3.39. The largest absolute Gasteiger partial charge is 0.495 e. The number of ether oxygens (including phenoxy) is 1. The van der Waals surface area contributed by atoms with E-state index in [4.69, 9.17) is 21.4 Å². The molecule has 1 aromatic carbocycles. The van der Waals surface area contributed by atoms with Crippen molar-refractivity contribution < 1.29 is 14.6 Å². The van der Waals surface area contributed by atoms with Gasteiger partial charge in [0.05, 0.1) is 29.8 Å². The van der Waals surface area contributed by atoms with E-state index in [0.29, 0.717) is 22.0 Å². The summed E-state index contributed by atoms with van der Waals surface area (Å²) in [6.45, 7) is 1.91. The summed E-state index contributed by atoms with van der Waals surface area (Å²) >= 11 is 6.03. The molecule has 0 aliphatic rings. The molecule has 0 atom stereocenters. The fourth-order valence-electron chi connectivity index (χ4n) is 1.87. The molecule has 18 heavy (non-hydrogen) atoms. The summed E-state index contributed by atoms with van der Waals surface area (Å²) in [6.07, 6.45) is -0.0968. The zero-order valence-corrected chi connectivity index (χ0v) is 10.8. The Hall–Kier alpha value is -1.81. The van der Waals surface area contributed by atoms with E-state index >= 15 is 0 Å². The number of aliphatic carboxylic acids is 1. The topological polar surface area (TPSA) is 59.4 Å². The SMILES string of the molecule is COc1cc2c(C)cc(CC(=O)O)nc2cc1Cl. The number of benzene rings is 1. The molecule has 0 bridgehead atoms. The molecule has 2 rings (SSSR count). The van der Waals surface area contributed by atoms with Gasteiger partial charge in [0, 0.05) is 5.39 Å². The first-order valence-corrected chi connectivity index (χ1v) is 5.74. The minimum atomic E-state index is -0.902. The van der Waals surface area contributed by atoms with Crippen molar-refractivity contribution in [2.75, 3.05) is 7.11 Å². The van der Waals surface area contributed by atoms with E-state index in [1.807, 2.05) is 13.0 Å². The Morgan fingerprint density at radius 1 is 1.44 bits per heavy atom. The molecule has 1 heterocycles. The lowest BCUT2D eigenvalue weighted by atomic mass is 10.1. The fourth-order valence-corrected chi connectivity index (χ4v) is 2.10. The molecular formula is C13H12ClNO3. The number of fused-ring (bicyclic) bond motifs is 1. The van der Waals surface area contributed by atoms with E-state index in [1.165, 1.54) is 0 Å². The summed E-state index contributed by atoms with van der Waals surface area (Å²) < 4.78 is 5.15. The van der Waals surface area contributed by atoms with E-state index in [2.05, 4.69) is 4.98 Å². The number of carboxylic acids is 1. The number of methoxy groups -OCH3 is 1. The number of carbonyl (C=O) groups is 1. The number of pyridine rings is 1. The lowest BCUT2D eigenvalue weighted by Gasteiger charge is -2.08. The first-order chi connectivity index (χ1) is 8.51. The monoisotopic (exact) mass is 265 g/mol. The van der Waals surface area contributed by atoms with E-state index in [9.17, 15) is 4.79 Å². The molecule has 1 aromatic heterocycles. The van der Waals surface area contributed by atoms with Crippen LogP contribution in [0.2, 0.25) is 5.02 Å². The molecular weight excluding hydrogens is 254 g/mol. The van der Waals surface area contributed by atoms with Gasteiger partial charge in [-0.25, -0.2) is 0 Å². The third-order valence-electron chi connectivity index (χ3n) is 2.67. The summed E-state index contributed by atoms with van der Waals surface area (Å²) in [5.74, 6) is -0.319. The second-order valence-corrected chi connectivity index (χ2v) is 4.41. The van der Waals surface area contributed by atoms with Gasteiger partial charge in [0.2, 0.25) is 0 Å². The molecule has 0 saturated carbocycles. The maximum absolute atomic E-state index is 10.7. The van der Waals surface area contributed by atoms with E-state index in [-0.39, 0.29) is 6.42 Å². The summed E-state index contributed by atoms with van der Waals surface area (Å²) in [5, 5.41) is 10.2. The quantitative estimate of drug-likeness (QED) is 0.927. The number of hydrogen-bond donors (Lipinski definition) is 1. The van der Waals surface area contributed by atoms with E-state index in [1.54, 1.807) is 19.2 Å². The number of hydrogen-bond acceptors (Lipinski definition) is 3. The highest BCUT2D eigenvalue weighted by Gasteiger charge is 2.10. The van der Waals surface area contributed by atoms with Crippen molar-refractivity contribution in [2.45, 2.75) is 13.3 Å². The van der Waals surface area contributed by atoms with Gasteiger partial charge >= 0.3 is 5.97 Å². The number of aromatic nitrogens is 1. The molecule has 0 aliphatic carbocycles. The zero-order valence-electron chi connectivity index (χ0n) is 10.0. The molecule has 0 spiro atoms. The van der Waals surface area contributed by atoms with Gasteiger partial charge in [-0.2, -0.15) is 0 Å². The number of rotatable bonds is 3. The number of carboxylic acid groups (broad SMARTS) is 1. The predicted octanol–water partition coefficient (Wildman–Crippen LogP) is 2.83. The van der Waals surface area contributed by atoms with Crippen LogP contribution in [-0.4, -0.2) is 23.2 Å². The van der Waals surface area contributed by atoms with Crippen LogP contribution in [-0.2, 0) is 11.2 Å². The van der Waals surface area contributed by atoms with Gasteiger partial charge in [-0.05, 0) is 30.7 Å². The smallest absolute Gasteiger partial charge is 0.309 e. The van der Waals surface area contributed by atoms with E-state index < -0.39 is 5.97 Å². The molecule has 0 fully saturated rings. The normalized spacial score (nSPS) is 10.6. The van der Waals surface area contributed by atoms with Crippen molar-refractivity contribution in [1.29, 1.82) is 0 Å². The molecule has 1 N–H and O–H groups in total. The van der Waals surface area contributed by atoms with Crippen LogP contribution in [0.5, 0.6) is 5.75 Å². The minimum Gasteiger partial charge on any atom is -0.495 e.